The molecule has 100 valence electrons. The predicted molar refractivity (Wildman–Crippen MR) is 89.9 cm³/mol. The summed E-state index contributed by atoms with van der Waals surface area (Å²) in [5.74, 6) is 0.508. The van der Waals surface area contributed by atoms with Gasteiger partial charge in [0.15, 0.2) is 0 Å². The van der Waals surface area contributed by atoms with Gasteiger partial charge in [-0.1, -0.05) is 81.0 Å². The Hall–Kier alpha value is -1.65. The molecule has 0 aliphatic carbocycles. The summed E-state index contributed by atoms with van der Waals surface area (Å²) in [6.45, 7) is 0. The van der Waals surface area contributed by atoms with Crippen LogP contribution in [-0.2, 0) is 0 Å². The van der Waals surface area contributed by atoms with Crippen molar-refractivity contribution >= 4 is 13.5 Å². The molecule has 0 bridgehead atoms. The third-order valence-electron chi connectivity index (χ3n) is 3.80. The second kappa shape index (κ2) is 6.68. The molecule has 0 unspecified atom stereocenters. The molecule has 0 aromatic heterocycles. The van der Waals surface area contributed by atoms with Crippen LogP contribution in [0.1, 0.15) is 29.9 Å². The zero-order valence-corrected chi connectivity index (χ0v) is 12.5. The summed E-state index contributed by atoms with van der Waals surface area (Å²) in [5, 5.41) is 1.59. The smallest absolute Gasteiger partial charge is 0.00926 e. The molecule has 0 radical (unpaired) electrons. The average Bonchev–Trinajstić information content (AvgIpc) is 3.03. The van der Waals surface area contributed by atoms with Crippen LogP contribution < -0.4 is 0 Å². The molecule has 0 spiro atoms. The Kier molecular flexibility index (Phi) is 4.46. The molecule has 3 rings (SSSR count). The first-order chi connectivity index (χ1) is 9.93. The summed E-state index contributed by atoms with van der Waals surface area (Å²) in [7, 11) is 1.50. The lowest BCUT2D eigenvalue weighted by Gasteiger charge is -2.18. The number of allylic oxidation sites excluding steroid dienone is 2. The minimum atomic E-state index is 0.508. The number of hydrogen-bond acceptors (Lipinski definition) is 0. The fourth-order valence-electron chi connectivity index (χ4n) is 2.76. The SMILES string of the molecule is C1=CC(CCC(c2ccccc2)c2ccccc2)=PC1. The van der Waals surface area contributed by atoms with Gasteiger partial charge in [-0.2, -0.15) is 0 Å². The molecule has 0 amide bonds. The van der Waals surface area contributed by atoms with Crippen LogP contribution in [0.4, 0.5) is 0 Å². The van der Waals surface area contributed by atoms with Crippen molar-refractivity contribution in [3.05, 3.63) is 83.9 Å². The molecular formula is C19H19P. The molecule has 2 aromatic carbocycles. The van der Waals surface area contributed by atoms with Gasteiger partial charge < -0.3 is 0 Å². The molecule has 1 aliphatic rings. The predicted octanol–water partition coefficient (Wildman–Crippen LogP) is 5.29. The van der Waals surface area contributed by atoms with Crippen LogP contribution >= 0.6 is 8.20 Å². The molecule has 1 heterocycles. The van der Waals surface area contributed by atoms with Crippen molar-refractivity contribution in [1.29, 1.82) is 0 Å². The Bertz CT molecular complexity index is 557. The molecule has 0 N–H and O–H groups in total. The van der Waals surface area contributed by atoms with E-state index in [1.807, 2.05) is 0 Å². The van der Waals surface area contributed by atoms with Crippen molar-refractivity contribution in [3.63, 3.8) is 0 Å². The average molecular weight is 278 g/mol. The molecule has 0 fully saturated rings. The molecule has 1 heteroatoms. The van der Waals surface area contributed by atoms with Gasteiger partial charge in [-0.3, -0.25) is 0 Å². The van der Waals surface area contributed by atoms with Crippen LogP contribution in [0.15, 0.2) is 72.8 Å². The van der Waals surface area contributed by atoms with E-state index < -0.39 is 0 Å². The van der Waals surface area contributed by atoms with E-state index in [0.717, 1.165) is 0 Å². The standard InChI is InChI=1S/C19H19P/c1-3-8-16(9-4-1)19(17-10-5-2-6-11-17)14-13-18-12-7-15-20-18/h1-12,19H,13-15H2. The van der Waals surface area contributed by atoms with Gasteiger partial charge in [0.1, 0.15) is 0 Å². The number of hydrogen-bond donors (Lipinski definition) is 0. The van der Waals surface area contributed by atoms with Crippen LogP contribution in [0.5, 0.6) is 0 Å². The number of benzene rings is 2. The molecular weight excluding hydrogens is 259 g/mol. The van der Waals surface area contributed by atoms with Crippen molar-refractivity contribution < 1.29 is 0 Å². The highest BCUT2D eigenvalue weighted by Crippen LogP contribution is 2.30. The van der Waals surface area contributed by atoms with E-state index in [4.69, 9.17) is 0 Å². The van der Waals surface area contributed by atoms with Crippen LogP contribution in [0, 0.1) is 0 Å². The Morgan fingerprint density at radius 1 is 0.850 bits per heavy atom. The Balaban J connectivity index is 1.82. The lowest BCUT2D eigenvalue weighted by atomic mass is 9.87. The van der Waals surface area contributed by atoms with Crippen molar-refractivity contribution in [3.8, 4) is 0 Å². The van der Waals surface area contributed by atoms with Crippen molar-refractivity contribution in [2.24, 2.45) is 0 Å². The largest absolute Gasteiger partial charge is 0.0968 e. The monoisotopic (exact) mass is 278 g/mol. The summed E-state index contributed by atoms with van der Waals surface area (Å²) >= 11 is 0. The first-order valence-electron chi connectivity index (χ1n) is 7.23. The van der Waals surface area contributed by atoms with Crippen molar-refractivity contribution in [2.45, 2.75) is 18.8 Å². The van der Waals surface area contributed by atoms with Crippen LogP contribution in [0.2, 0.25) is 0 Å². The van der Waals surface area contributed by atoms with Crippen LogP contribution in [0.25, 0.3) is 0 Å². The maximum atomic E-state index is 2.31. The van der Waals surface area contributed by atoms with Gasteiger partial charge in [-0.05, 0) is 29.3 Å². The van der Waals surface area contributed by atoms with Gasteiger partial charge in [0.25, 0.3) is 0 Å². The Labute approximate surface area is 123 Å². The van der Waals surface area contributed by atoms with E-state index >= 15 is 0 Å². The third kappa shape index (κ3) is 3.26. The first-order valence-corrected chi connectivity index (χ1v) is 8.31. The summed E-state index contributed by atoms with van der Waals surface area (Å²) in [6.07, 6.45) is 8.20. The summed E-state index contributed by atoms with van der Waals surface area (Å²) < 4.78 is 0. The molecule has 20 heavy (non-hydrogen) atoms. The molecule has 0 saturated heterocycles. The third-order valence-corrected chi connectivity index (χ3v) is 4.98. The van der Waals surface area contributed by atoms with E-state index in [0.29, 0.717) is 5.92 Å². The Morgan fingerprint density at radius 2 is 1.45 bits per heavy atom. The summed E-state index contributed by atoms with van der Waals surface area (Å²) in [4.78, 5) is 0. The second-order valence-electron chi connectivity index (χ2n) is 5.15. The quantitative estimate of drug-likeness (QED) is 0.652. The zero-order chi connectivity index (χ0) is 13.6. The molecule has 0 nitrogen and oxygen atoms in total. The van der Waals surface area contributed by atoms with Gasteiger partial charge >= 0.3 is 0 Å². The maximum absolute atomic E-state index is 2.31. The highest BCUT2D eigenvalue weighted by atomic mass is 31.1. The number of rotatable bonds is 5. The first kappa shape index (κ1) is 13.3. The fourth-order valence-corrected chi connectivity index (χ4v) is 3.71. The lowest BCUT2D eigenvalue weighted by molar-refractivity contribution is 0.747. The molecule has 0 atom stereocenters. The molecule has 0 saturated carbocycles. The van der Waals surface area contributed by atoms with Crippen molar-refractivity contribution in [1.82, 2.24) is 0 Å². The maximum Gasteiger partial charge on any atom is 0.00926 e. The minimum absolute atomic E-state index is 0.508. The second-order valence-corrected chi connectivity index (χ2v) is 6.40. The van der Waals surface area contributed by atoms with Gasteiger partial charge in [0.05, 0.1) is 0 Å². The van der Waals surface area contributed by atoms with E-state index in [1.165, 1.54) is 38.3 Å². The summed E-state index contributed by atoms with van der Waals surface area (Å²) in [6, 6.07) is 21.8. The topological polar surface area (TPSA) is 0 Å². The highest BCUT2D eigenvalue weighted by Gasteiger charge is 2.14. The van der Waals surface area contributed by atoms with Gasteiger partial charge in [0, 0.05) is 12.1 Å². The van der Waals surface area contributed by atoms with Crippen LogP contribution in [-0.4, -0.2) is 11.5 Å². The van der Waals surface area contributed by atoms with Gasteiger partial charge in [0.2, 0.25) is 0 Å². The lowest BCUT2D eigenvalue weighted by Crippen LogP contribution is -2.03. The van der Waals surface area contributed by atoms with Gasteiger partial charge in [-0.25, -0.2) is 0 Å². The summed E-state index contributed by atoms with van der Waals surface area (Å²) in [5.41, 5.74) is 2.86. The van der Waals surface area contributed by atoms with Crippen molar-refractivity contribution in [2.75, 3.05) is 6.16 Å². The van der Waals surface area contributed by atoms with E-state index in [9.17, 15) is 0 Å². The van der Waals surface area contributed by atoms with E-state index in [1.54, 1.807) is 5.29 Å². The molecule has 2 aromatic rings. The fraction of sp³-hybridized carbons (Fsp3) is 0.211. The van der Waals surface area contributed by atoms with E-state index in [-0.39, 0.29) is 0 Å². The zero-order valence-electron chi connectivity index (χ0n) is 11.6. The van der Waals surface area contributed by atoms with Crippen LogP contribution in [0.3, 0.4) is 0 Å². The van der Waals surface area contributed by atoms with E-state index in [2.05, 4.69) is 72.8 Å². The van der Waals surface area contributed by atoms with Gasteiger partial charge in [-0.15, -0.1) is 0 Å². The minimum Gasteiger partial charge on any atom is -0.0968 e. The molecule has 1 aliphatic heterocycles. The highest BCUT2D eigenvalue weighted by molar-refractivity contribution is 7.42. The Morgan fingerprint density at radius 3 is 1.95 bits per heavy atom. The normalized spacial score (nSPS) is 14.6.